The molecule has 2 aliphatic carbocycles. The second-order valence-corrected chi connectivity index (χ2v) is 4.60. The minimum atomic E-state index is -0.870. The molecule has 1 N–H and O–H groups in total. The number of aliphatic hydroxyl groups is 1. The number of benzene rings is 1. The van der Waals surface area contributed by atoms with Gasteiger partial charge in [0.25, 0.3) is 0 Å². The Morgan fingerprint density at radius 2 is 1.80 bits per heavy atom. The lowest BCUT2D eigenvalue weighted by Gasteiger charge is -2.14. The second kappa shape index (κ2) is 2.79. The average molecular weight is 210 g/mol. The van der Waals surface area contributed by atoms with Crippen LogP contribution in [0.4, 0.5) is 8.78 Å². The van der Waals surface area contributed by atoms with Crippen molar-refractivity contribution >= 4 is 0 Å². The predicted octanol–water partition coefficient (Wildman–Crippen LogP) is 2.58. The molecule has 2 atom stereocenters. The van der Waals surface area contributed by atoms with Crippen molar-refractivity contribution in [2.24, 2.45) is 11.8 Å². The molecule has 0 aromatic heterocycles. The van der Waals surface area contributed by atoms with Crippen molar-refractivity contribution in [3.8, 4) is 0 Å². The van der Waals surface area contributed by atoms with Gasteiger partial charge in [0.1, 0.15) is 0 Å². The zero-order chi connectivity index (χ0) is 10.6. The van der Waals surface area contributed by atoms with Gasteiger partial charge in [-0.1, -0.05) is 12.5 Å². The molecule has 0 aliphatic heterocycles. The van der Waals surface area contributed by atoms with Crippen LogP contribution in [0.3, 0.4) is 0 Å². The Bertz CT molecular complexity index is 406. The van der Waals surface area contributed by atoms with Gasteiger partial charge in [0.15, 0.2) is 11.6 Å². The summed E-state index contributed by atoms with van der Waals surface area (Å²) in [5, 5.41) is 10.3. The Hall–Kier alpha value is -0.960. The lowest BCUT2D eigenvalue weighted by Crippen LogP contribution is -2.13. The largest absolute Gasteiger partial charge is 0.385 e. The minimum Gasteiger partial charge on any atom is -0.385 e. The Balaban J connectivity index is 1.97. The lowest BCUT2D eigenvalue weighted by molar-refractivity contribution is 0.105. The van der Waals surface area contributed by atoms with E-state index in [0.717, 1.165) is 31.4 Å². The van der Waals surface area contributed by atoms with Crippen molar-refractivity contribution in [3.05, 3.63) is 35.4 Å². The first-order valence-corrected chi connectivity index (χ1v) is 5.32. The standard InChI is InChI=1S/C12H12F2O/c13-10-5-4-7(6-11(10)14)12(15)8-2-1-3-9(8)12/h4-6,8-9,15H,1-3H2. The predicted molar refractivity (Wildman–Crippen MR) is 51.1 cm³/mol. The fraction of sp³-hybridized carbons (Fsp3) is 0.500. The zero-order valence-corrected chi connectivity index (χ0v) is 8.21. The van der Waals surface area contributed by atoms with Crippen molar-refractivity contribution < 1.29 is 13.9 Å². The molecule has 0 radical (unpaired) electrons. The first-order valence-electron chi connectivity index (χ1n) is 5.32. The van der Waals surface area contributed by atoms with Crippen LogP contribution in [-0.2, 0) is 5.60 Å². The van der Waals surface area contributed by atoms with Crippen LogP contribution in [0.1, 0.15) is 24.8 Å². The highest BCUT2D eigenvalue weighted by molar-refractivity contribution is 5.34. The van der Waals surface area contributed by atoms with Gasteiger partial charge in [-0.3, -0.25) is 0 Å². The highest BCUT2D eigenvalue weighted by Gasteiger charge is 2.66. The fourth-order valence-electron chi connectivity index (χ4n) is 3.10. The van der Waals surface area contributed by atoms with E-state index in [1.54, 1.807) is 0 Å². The maximum absolute atomic E-state index is 13.0. The minimum absolute atomic E-state index is 0.266. The molecular weight excluding hydrogens is 198 g/mol. The number of hydrogen-bond donors (Lipinski definition) is 1. The molecule has 0 saturated heterocycles. The Labute approximate surface area is 86.7 Å². The summed E-state index contributed by atoms with van der Waals surface area (Å²) in [4.78, 5) is 0. The summed E-state index contributed by atoms with van der Waals surface area (Å²) < 4.78 is 25.8. The van der Waals surface area contributed by atoms with Gasteiger partial charge >= 0.3 is 0 Å². The molecule has 15 heavy (non-hydrogen) atoms. The van der Waals surface area contributed by atoms with E-state index >= 15 is 0 Å². The van der Waals surface area contributed by atoms with E-state index in [1.807, 2.05) is 0 Å². The number of fused-ring (bicyclic) bond motifs is 1. The maximum Gasteiger partial charge on any atom is 0.159 e. The summed E-state index contributed by atoms with van der Waals surface area (Å²) in [5.74, 6) is -1.19. The summed E-state index contributed by atoms with van der Waals surface area (Å²) in [7, 11) is 0. The van der Waals surface area contributed by atoms with Crippen LogP contribution in [-0.4, -0.2) is 5.11 Å². The molecule has 0 bridgehead atoms. The molecule has 0 heterocycles. The number of hydrogen-bond acceptors (Lipinski definition) is 1. The maximum atomic E-state index is 13.0. The molecule has 3 heteroatoms. The highest BCUT2D eigenvalue weighted by atomic mass is 19.2. The summed E-state index contributed by atoms with van der Waals surface area (Å²) in [6.45, 7) is 0. The quantitative estimate of drug-likeness (QED) is 0.755. The van der Waals surface area contributed by atoms with Crippen LogP contribution in [0.25, 0.3) is 0 Å². The van der Waals surface area contributed by atoms with Crippen molar-refractivity contribution in [2.45, 2.75) is 24.9 Å². The number of rotatable bonds is 1. The zero-order valence-electron chi connectivity index (χ0n) is 8.21. The van der Waals surface area contributed by atoms with Crippen LogP contribution < -0.4 is 0 Å². The Kier molecular flexibility index (Phi) is 1.72. The molecule has 2 saturated carbocycles. The van der Waals surface area contributed by atoms with Gasteiger partial charge in [-0.25, -0.2) is 8.78 Å². The molecule has 2 fully saturated rings. The van der Waals surface area contributed by atoms with E-state index in [4.69, 9.17) is 0 Å². The lowest BCUT2D eigenvalue weighted by atomic mass is 9.99. The summed E-state index contributed by atoms with van der Waals surface area (Å²) in [5.41, 5.74) is -0.330. The summed E-state index contributed by atoms with van der Waals surface area (Å²) >= 11 is 0. The topological polar surface area (TPSA) is 20.2 Å². The molecule has 2 aliphatic rings. The molecule has 0 spiro atoms. The van der Waals surface area contributed by atoms with E-state index in [-0.39, 0.29) is 11.8 Å². The molecule has 1 aromatic rings. The SMILES string of the molecule is OC1(c2ccc(F)c(F)c2)C2CCCC21. The van der Waals surface area contributed by atoms with E-state index in [0.29, 0.717) is 5.56 Å². The number of halogens is 2. The van der Waals surface area contributed by atoms with E-state index < -0.39 is 17.2 Å². The monoisotopic (exact) mass is 210 g/mol. The molecular formula is C12H12F2O. The van der Waals surface area contributed by atoms with Crippen LogP contribution >= 0.6 is 0 Å². The van der Waals surface area contributed by atoms with Crippen LogP contribution in [0, 0.1) is 23.5 Å². The van der Waals surface area contributed by atoms with Crippen LogP contribution in [0.2, 0.25) is 0 Å². The molecule has 1 nitrogen and oxygen atoms in total. The van der Waals surface area contributed by atoms with E-state index in [1.165, 1.54) is 6.07 Å². The van der Waals surface area contributed by atoms with Crippen molar-refractivity contribution in [3.63, 3.8) is 0 Å². The van der Waals surface area contributed by atoms with Gasteiger partial charge in [0.2, 0.25) is 0 Å². The van der Waals surface area contributed by atoms with E-state index in [2.05, 4.69) is 0 Å². The Morgan fingerprint density at radius 3 is 2.40 bits per heavy atom. The van der Waals surface area contributed by atoms with Gasteiger partial charge in [0.05, 0.1) is 5.60 Å². The van der Waals surface area contributed by atoms with E-state index in [9.17, 15) is 13.9 Å². The molecule has 3 rings (SSSR count). The third kappa shape index (κ3) is 1.10. The summed E-state index contributed by atoms with van der Waals surface area (Å²) in [6.07, 6.45) is 3.14. The van der Waals surface area contributed by atoms with Crippen molar-refractivity contribution in [2.75, 3.05) is 0 Å². The molecule has 1 aromatic carbocycles. The van der Waals surface area contributed by atoms with Gasteiger partial charge in [-0.2, -0.15) is 0 Å². The fourth-order valence-corrected chi connectivity index (χ4v) is 3.10. The van der Waals surface area contributed by atoms with Crippen LogP contribution in [0.5, 0.6) is 0 Å². The molecule has 0 amide bonds. The van der Waals surface area contributed by atoms with Crippen LogP contribution in [0.15, 0.2) is 18.2 Å². The van der Waals surface area contributed by atoms with Gasteiger partial charge in [0, 0.05) is 0 Å². The van der Waals surface area contributed by atoms with Gasteiger partial charge in [-0.15, -0.1) is 0 Å². The molecule has 2 unspecified atom stereocenters. The Morgan fingerprint density at radius 1 is 1.13 bits per heavy atom. The van der Waals surface area contributed by atoms with Crippen molar-refractivity contribution in [1.82, 2.24) is 0 Å². The third-order valence-corrected chi connectivity index (χ3v) is 3.92. The highest BCUT2D eigenvalue weighted by Crippen LogP contribution is 2.66. The summed E-state index contributed by atoms with van der Waals surface area (Å²) in [6, 6.07) is 3.72. The average Bonchev–Trinajstić information content (AvgIpc) is 2.66. The second-order valence-electron chi connectivity index (χ2n) is 4.60. The first-order chi connectivity index (χ1) is 7.14. The molecule has 80 valence electrons. The van der Waals surface area contributed by atoms with Crippen molar-refractivity contribution in [1.29, 1.82) is 0 Å². The smallest absolute Gasteiger partial charge is 0.159 e. The normalized spacial score (nSPS) is 37.8. The van der Waals surface area contributed by atoms with Gasteiger partial charge in [-0.05, 0) is 42.4 Å². The van der Waals surface area contributed by atoms with Gasteiger partial charge < -0.3 is 5.11 Å². The first kappa shape index (κ1) is 9.28. The third-order valence-electron chi connectivity index (χ3n) is 3.92.